The number of likely N-dealkylation sites (tertiary alicyclic amines) is 1. The number of benzene rings is 1. The minimum atomic E-state index is -0.517. The van der Waals surface area contributed by atoms with Crippen molar-refractivity contribution in [2.45, 2.75) is 19.4 Å². The fourth-order valence-electron chi connectivity index (χ4n) is 2.22. The average Bonchev–Trinajstić information content (AvgIpc) is 2.89. The number of halogens is 1. The van der Waals surface area contributed by atoms with E-state index < -0.39 is 6.10 Å². The van der Waals surface area contributed by atoms with Gasteiger partial charge in [-0.1, -0.05) is 12.1 Å². The van der Waals surface area contributed by atoms with Crippen molar-refractivity contribution in [2.75, 3.05) is 19.7 Å². The summed E-state index contributed by atoms with van der Waals surface area (Å²) >= 11 is 3.40. The summed E-state index contributed by atoms with van der Waals surface area (Å²) in [6, 6.07) is 7.48. The Labute approximate surface area is 121 Å². The number of hydrogen-bond acceptors (Lipinski definition) is 3. The third kappa shape index (κ3) is 3.48. The summed E-state index contributed by atoms with van der Waals surface area (Å²) in [5, 5.41) is 9.10. The first-order valence-corrected chi connectivity index (χ1v) is 7.22. The molecule has 0 saturated carbocycles. The van der Waals surface area contributed by atoms with Crippen LogP contribution in [-0.2, 0) is 4.79 Å². The smallest absolute Gasteiger partial charge is 0.263 e. The van der Waals surface area contributed by atoms with E-state index in [4.69, 9.17) is 9.84 Å². The third-order valence-electron chi connectivity index (χ3n) is 3.34. The zero-order valence-corrected chi connectivity index (χ0v) is 12.5. The molecule has 0 spiro atoms. The van der Waals surface area contributed by atoms with Crippen molar-refractivity contribution in [3.8, 4) is 5.75 Å². The van der Waals surface area contributed by atoms with Crippen LogP contribution in [0.2, 0.25) is 0 Å². The standard InChI is InChI=1S/C14H18BrNO3/c1-10(19-13-5-3-2-4-12(13)15)14(18)16-7-6-11(8-16)9-17/h2-5,10-11,17H,6-9H2,1H3. The molecule has 0 aromatic heterocycles. The number of aliphatic hydroxyl groups is 1. The molecule has 2 unspecified atom stereocenters. The minimum absolute atomic E-state index is 0.0216. The zero-order chi connectivity index (χ0) is 13.8. The highest BCUT2D eigenvalue weighted by atomic mass is 79.9. The number of nitrogens with zero attached hydrogens (tertiary/aromatic N) is 1. The molecular formula is C14H18BrNO3. The molecule has 1 N–H and O–H groups in total. The minimum Gasteiger partial charge on any atom is -0.480 e. The number of aliphatic hydroxyl groups excluding tert-OH is 1. The average molecular weight is 328 g/mol. The number of carbonyl (C=O) groups is 1. The maximum absolute atomic E-state index is 12.2. The maximum atomic E-state index is 12.2. The van der Waals surface area contributed by atoms with Crippen molar-refractivity contribution in [1.82, 2.24) is 4.90 Å². The van der Waals surface area contributed by atoms with Crippen molar-refractivity contribution in [1.29, 1.82) is 0 Å². The summed E-state index contributed by atoms with van der Waals surface area (Å²) in [4.78, 5) is 14.0. The van der Waals surface area contributed by atoms with Gasteiger partial charge in [0.25, 0.3) is 5.91 Å². The van der Waals surface area contributed by atoms with E-state index in [1.54, 1.807) is 11.8 Å². The van der Waals surface area contributed by atoms with Gasteiger partial charge >= 0.3 is 0 Å². The highest BCUT2D eigenvalue weighted by molar-refractivity contribution is 9.10. The molecule has 1 aromatic carbocycles. The van der Waals surface area contributed by atoms with E-state index in [1.165, 1.54) is 0 Å². The molecule has 1 aliphatic rings. The van der Waals surface area contributed by atoms with Crippen LogP contribution in [0.1, 0.15) is 13.3 Å². The van der Waals surface area contributed by atoms with Gasteiger partial charge in [-0.2, -0.15) is 0 Å². The molecule has 0 radical (unpaired) electrons. The van der Waals surface area contributed by atoms with Gasteiger partial charge in [0.2, 0.25) is 0 Å². The Morgan fingerprint density at radius 2 is 2.32 bits per heavy atom. The van der Waals surface area contributed by atoms with Gasteiger partial charge in [-0.25, -0.2) is 0 Å². The Balaban J connectivity index is 1.95. The highest BCUT2D eigenvalue weighted by Gasteiger charge is 2.29. The third-order valence-corrected chi connectivity index (χ3v) is 4.00. The van der Waals surface area contributed by atoms with Crippen molar-refractivity contribution in [3.63, 3.8) is 0 Å². The summed E-state index contributed by atoms with van der Waals surface area (Å²) in [5.74, 6) is 0.854. The summed E-state index contributed by atoms with van der Waals surface area (Å²) in [6.45, 7) is 3.23. The lowest BCUT2D eigenvalue weighted by atomic mass is 10.1. The van der Waals surface area contributed by atoms with Gasteiger partial charge in [-0.15, -0.1) is 0 Å². The first-order valence-electron chi connectivity index (χ1n) is 6.42. The van der Waals surface area contributed by atoms with Gasteiger partial charge in [0.05, 0.1) is 4.47 Å². The SMILES string of the molecule is CC(Oc1ccccc1Br)C(=O)N1CCC(CO)C1. The Bertz CT molecular complexity index is 452. The number of carbonyl (C=O) groups excluding carboxylic acids is 1. The fourth-order valence-corrected chi connectivity index (χ4v) is 2.60. The second kappa shape index (κ2) is 6.39. The van der Waals surface area contributed by atoms with E-state index in [1.807, 2.05) is 24.3 Å². The van der Waals surface area contributed by atoms with Gasteiger partial charge in [0.15, 0.2) is 6.10 Å². The van der Waals surface area contributed by atoms with E-state index >= 15 is 0 Å². The number of hydrogen-bond donors (Lipinski definition) is 1. The summed E-state index contributed by atoms with van der Waals surface area (Å²) in [7, 11) is 0. The van der Waals surface area contributed by atoms with Crippen LogP contribution in [0.15, 0.2) is 28.7 Å². The van der Waals surface area contributed by atoms with Gasteiger partial charge in [-0.05, 0) is 41.4 Å². The molecule has 0 bridgehead atoms. The number of ether oxygens (including phenoxy) is 1. The predicted octanol–water partition coefficient (Wildman–Crippen LogP) is 2.06. The lowest BCUT2D eigenvalue weighted by Gasteiger charge is -2.22. The lowest BCUT2D eigenvalue weighted by Crippen LogP contribution is -2.39. The molecule has 1 saturated heterocycles. The quantitative estimate of drug-likeness (QED) is 0.920. The molecule has 1 amide bonds. The Kier molecular flexibility index (Phi) is 4.82. The topological polar surface area (TPSA) is 49.8 Å². The molecule has 4 nitrogen and oxygen atoms in total. The molecule has 0 aliphatic carbocycles. The number of rotatable bonds is 4. The fraction of sp³-hybridized carbons (Fsp3) is 0.500. The first kappa shape index (κ1) is 14.3. The lowest BCUT2D eigenvalue weighted by molar-refractivity contribution is -0.137. The molecule has 1 aliphatic heterocycles. The zero-order valence-electron chi connectivity index (χ0n) is 10.9. The van der Waals surface area contributed by atoms with Crippen LogP contribution in [0.3, 0.4) is 0 Å². The first-order chi connectivity index (χ1) is 9.11. The highest BCUT2D eigenvalue weighted by Crippen LogP contribution is 2.25. The Hall–Kier alpha value is -1.07. The van der Waals surface area contributed by atoms with E-state index in [0.717, 1.165) is 10.9 Å². The van der Waals surface area contributed by atoms with Gasteiger partial charge in [-0.3, -0.25) is 4.79 Å². The van der Waals surface area contributed by atoms with Crippen LogP contribution in [0.4, 0.5) is 0 Å². The molecule has 19 heavy (non-hydrogen) atoms. The number of amides is 1. The predicted molar refractivity (Wildman–Crippen MR) is 76.0 cm³/mol. The monoisotopic (exact) mass is 327 g/mol. The van der Waals surface area contributed by atoms with E-state index in [0.29, 0.717) is 18.8 Å². The van der Waals surface area contributed by atoms with Crippen LogP contribution in [0, 0.1) is 5.92 Å². The summed E-state index contributed by atoms with van der Waals surface area (Å²) < 4.78 is 6.52. The summed E-state index contributed by atoms with van der Waals surface area (Å²) in [6.07, 6.45) is 0.348. The van der Waals surface area contributed by atoms with E-state index in [9.17, 15) is 4.79 Å². The molecule has 2 rings (SSSR count). The van der Waals surface area contributed by atoms with Crippen LogP contribution >= 0.6 is 15.9 Å². The second-order valence-corrected chi connectivity index (χ2v) is 5.67. The van der Waals surface area contributed by atoms with Crippen molar-refractivity contribution >= 4 is 21.8 Å². The Morgan fingerprint density at radius 3 is 2.95 bits per heavy atom. The van der Waals surface area contributed by atoms with Gasteiger partial charge in [0, 0.05) is 25.6 Å². The van der Waals surface area contributed by atoms with Crippen LogP contribution < -0.4 is 4.74 Å². The molecule has 104 valence electrons. The molecular weight excluding hydrogens is 310 g/mol. The van der Waals surface area contributed by atoms with Crippen LogP contribution in [0.25, 0.3) is 0 Å². The van der Waals surface area contributed by atoms with Crippen molar-refractivity contribution in [2.24, 2.45) is 5.92 Å². The van der Waals surface area contributed by atoms with Crippen LogP contribution in [0.5, 0.6) is 5.75 Å². The molecule has 1 heterocycles. The maximum Gasteiger partial charge on any atom is 0.263 e. The van der Waals surface area contributed by atoms with Crippen molar-refractivity contribution in [3.05, 3.63) is 28.7 Å². The normalized spacial score (nSPS) is 20.4. The molecule has 5 heteroatoms. The van der Waals surface area contributed by atoms with Gasteiger partial charge in [0.1, 0.15) is 5.75 Å². The van der Waals surface area contributed by atoms with Crippen LogP contribution in [-0.4, -0.2) is 41.7 Å². The molecule has 1 fully saturated rings. The largest absolute Gasteiger partial charge is 0.480 e. The van der Waals surface area contributed by atoms with E-state index in [-0.39, 0.29) is 18.4 Å². The molecule has 2 atom stereocenters. The summed E-state index contributed by atoms with van der Waals surface area (Å²) in [5.41, 5.74) is 0. The Morgan fingerprint density at radius 1 is 1.58 bits per heavy atom. The second-order valence-electron chi connectivity index (χ2n) is 4.81. The van der Waals surface area contributed by atoms with Crippen molar-refractivity contribution < 1.29 is 14.6 Å². The number of para-hydroxylation sites is 1. The van der Waals surface area contributed by atoms with Gasteiger partial charge < -0.3 is 14.7 Å². The van der Waals surface area contributed by atoms with E-state index in [2.05, 4.69) is 15.9 Å². The molecule has 1 aromatic rings.